The van der Waals surface area contributed by atoms with E-state index in [0.29, 0.717) is 17.5 Å². The Morgan fingerprint density at radius 2 is 2.28 bits per heavy atom. The first-order valence-electron chi connectivity index (χ1n) is 5.70. The van der Waals surface area contributed by atoms with Crippen LogP contribution < -0.4 is 15.5 Å². The quantitative estimate of drug-likeness (QED) is 0.430. The lowest BCUT2D eigenvalue weighted by Crippen LogP contribution is -2.31. The number of hydrogen-bond acceptors (Lipinski definition) is 4. The summed E-state index contributed by atoms with van der Waals surface area (Å²) in [6, 6.07) is 5.01. The minimum Gasteiger partial charge on any atom is -0.504 e. The lowest BCUT2D eigenvalue weighted by molar-refractivity contribution is 0.318. The lowest BCUT2D eigenvalue weighted by Gasteiger charge is -2.06. The van der Waals surface area contributed by atoms with Crippen LogP contribution in [-0.2, 0) is 0 Å². The van der Waals surface area contributed by atoms with Gasteiger partial charge in [-0.15, -0.1) is 0 Å². The number of rotatable bonds is 5. The van der Waals surface area contributed by atoms with E-state index in [2.05, 4.69) is 15.8 Å². The Morgan fingerprint density at radius 1 is 1.50 bits per heavy atom. The van der Waals surface area contributed by atoms with Crippen molar-refractivity contribution >= 4 is 23.5 Å². The third kappa shape index (κ3) is 4.58. The van der Waals surface area contributed by atoms with E-state index in [9.17, 15) is 5.11 Å². The van der Waals surface area contributed by atoms with Crippen LogP contribution in [0.5, 0.6) is 11.5 Å². The van der Waals surface area contributed by atoms with Gasteiger partial charge in [0.2, 0.25) is 0 Å². The summed E-state index contributed by atoms with van der Waals surface area (Å²) < 4.78 is 5.27. The molecule has 0 aliphatic rings. The topological polar surface area (TPSA) is 65.9 Å². The summed E-state index contributed by atoms with van der Waals surface area (Å²) in [5.41, 5.74) is 3.49. The van der Waals surface area contributed by atoms with Crippen molar-refractivity contribution in [1.82, 2.24) is 10.7 Å². The monoisotopic (exact) mass is 267 g/mol. The zero-order chi connectivity index (χ0) is 13.4. The lowest BCUT2D eigenvalue weighted by atomic mass is 10.2. The zero-order valence-electron chi connectivity index (χ0n) is 10.4. The molecule has 0 saturated heterocycles. The van der Waals surface area contributed by atoms with Crippen molar-refractivity contribution in [3.05, 3.63) is 23.8 Å². The molecule has 1 aromatic carbocycles. The third-order valence-corrected chi connectivity index (χ3v) is 2.24. The Hall–Kier alpha value is -1.82. The Kier molecular flexibility index (Phi) is 5.93. The first-order chi connectivity index (χ1) is 8.67. The van der Waals surface area contributed by atoms with Crippen molar-refractivity contribution in [2.75, 3.05) is 13.2 Å². The van der Waals surface area contributed by atoms with Gasteiger partial charge in [-0.25, -0.2) is 0 Å². The molecule has 0 heterocycles. The first-order valence-corrected chi connectivity index (χ1v) is 6.11. The summed E-state index contributed by atoms with van der Waals surface area (Å²) in [6.07, 6.45) is 1.60. The van der Waals surface area contributed by atoms with Gasteiger partial charge in [-0.05, 0) is 49.8 Å². The SMILES string of the molecule is CCNC(=S)NN=Cc1ccc(O)c(OCC)c1. The number of nitrogens with one attached hydrogen (secondary N) is 2. The maximum atomic E-state index is 9.53. The number of hydrogen-bond donors (Lipinski definition) is 3. The minimum absolute atomic E-state index is 0.116. The molecule has 0 amide bonds. The number of aromatic hydroxyl groups is 1. The Bertz CT molecular complexity index is 435. The largest absolute Gasteiger partial charge is 0.504 e. The molecule has 98 valence electrons. The van der Waals surface area contributed by atoms with Crippen LogP contribution in [0.4, 0.5) is 0 Å². The zero-order valence-corrected chi connectivity index (χ0v) is 11.3. The second kappa shape index (κ2) is 7.50. The summed E-state index contributed by atoms with van der Waals surface area (Å²) in [6.45, 7) is 5.05. The predicted molar refractivity (Wildman–Crippen MR) is 76.3 cm³/mol. The summed E-state index contributed by atoms with van der Waals surface area (Å²) >= 11 is 4.96. The number of benzene rings is 1. The van der Waals surface area contributed by atoms with E-state index >= 15 is 0 Å². The van der Waals surface area contributed by atoms with E-state index in [4.69, 9.17) is 17.0 Å². The highest BCUT2D eigenvalue weighted by atomic mass is 32.1. The highest BCUT2D eigenvalue weighted by Gasteiger charge is 2.01. The molecule has 0 unspecified atom stereocenters. The van der Waals surface area contributed by atoms with Crippen LogP contribution >= 0.6 is 12.2 Å². The van der Waals surface area contributed by atoms with Crippen LogP contribution in [0.3, 0.4) is 0 Å². The van der Waals surface area contributed by atoms with Crippen LogP contribution in [-0.4, -0.2) is 29.6 Å². The number of ether oxygens (including phenoxy) is 1. The average molecular weight is 267 g/mol. The fourth-order valence-electron chi connectivity index (χ4n) is 1.25. The Labute approximate surface area is 112 Å². The van der Waals surface area contributed by atoms with E-state index in [1.54, 1.807) is 24.4 Å². The van der Waals surface area contributed by atoms with Gasteiger partial charge in [0.25, 0.3) is 0 Å². The summed E-state index contributed by atoms with van der Waals surface area (Å²) in [5.74, 6) is 0.556. The molecule has 1 aromatic rings. The maximum Gasteiger partial charge on any atom is 0.186 e. The van der Waals surface area contributed by atoms with Crippen LogP contribution in [0.2, 0.25) is 0 Å². The molecule has 18 heavy (non-hydrogen) atoms. The van der Waals surface area contributed by atoms with Crippen molar-refractivity contribution in [3.63, 3.8) is 0 Å². The van der Waals surface area contributed by atoms with E-state index in [-0.39, 0.29) is 5.75 Å². The summed E-state index contributed by atoms with van der Waals surface area (Å²) in [5, 5.41) is 16.9. The molecule has 0 spiro atoms. The number of nitrogens with zero attached hydrogens (tertiary/aromatic N) is 1. The second-order valence-corrected chi connectivity index (χ2v) is 3.80. The number of hydrazone groups is 1. The molecule has 0 radical (unpaired) electrons. The van der Waals surface area contributed by atoms with Gasteiger partial charge in [-0.1, -0.05) is 0 Å². The third-order valence-electron chi connectivity index (χ3n) is 2.00. The van der Waals surface area contributed by atoms with Crippen molar-refractivity contribution in [1.29, 1.82) is 0 Å². The van der Waals surface area contributed by atoms with Gasteiger partial charge in [0.15, 0.2) is 16.6 Å². The van der Waals surface area contributed by atoms with Crippen LogP contribution in [0.25, 0.3) is 0 Å². The van der Waals surface area contributed by atoms with E-state index in [1.165, 1.54) is 0 Å². The second-order valence-electron chi connectivity index (χ2n) is 3.39. The molecular weight excluding hydrogens is 250 g/mol. The van der Waals surface area contributed by atoms with Gasteiger partial charge in [0, 0.05) is 6.54 Å². The van der Waals surface area contributed by atoms with Crippen molar-refractivity contribution in [2.45, 2.75) is 13.8 Å². The Morgan fingerprint density at radius 3 is 2.94 bits per heavy atom. The van der Waals surface area contributed by atoms with E-state index < -0.39 is 0 Å². The molecule has 0 bridgehead atoms. The molecule has 3 N–H and O–H groups in total. The van der Waals surface area contributed by atoms with E-state index in [0.717, 1.165) is 12.1 Å². The van der Waals surface area contributed by atoms with Crippen LogP contribution in [0.15, 0.2) is 23.3 Å². The smallest absolute Gasteiger partial charge is 0.186 e. The molecule has 0 atom stereocenters. The number of phenolic OH excluding ortho intramolecular Hbond substituents is 1. The Balaban J connectivity index is 2.64. The normalized spacial score (nSPS) is 10.3. The first kappa shape index (κ1) is 14.2. The number of thiocarbonyl (C=S) groups is 1. The fraction of sp³-hybridized carbons (Fsp3) is 0.333. The van der Waals surface area contributed by atoms with E-state index in [1.807, 2.05) is 13.8 Å². The summed E-state index contributed by atoms with van der Waals surface area (Å²) in [7, 11) is 0. The van der Waals surface area contributed by atoms with Gasteiger partial charge >= 0.3 is 0 Å². The van der Waals surface area contributed by atoms with Gasteiger partial charge in [0.1, 0.15) is 0 Å². The van der Waals surface area contributed by atoms with Crippen LogP contribution in [0.1, 0.15) is 19.4 Å². The molecule has 0 saturated carbocycles. The van der Waals surface area contributed by atoms with Gasteiger partial charge < -0.3 is 15.2 Å². The molecule has 1 rings (SSSR count). The van der Waals surface area contributed by atoms with Crippen molar-refractivity contribution in [2.24, 2.45) is 5.10 Å². The molecule has 0 aliphatic heterocycles. The maximum absolute atomic E-state index is 9.53. The van der Waals surface area contributed by atoms with Gasteiger partial charge in [-0.3, -0.25) is 5.43 Å². The standard InChI is InChI=1S/C12H17N3O2S/c1-3-13-12(18)15-14-8-9-5-6-10(16)11(7-9)17-4-2/h5-8,16H,3-4H2,1-2H3,(H2,13,15,18). The fourth-order valence-corrected chi connectivity index (χ4v) is 1.44. The average Bonchev–Trinajstić information content (AvgIpc) is 2.34. The van der Waals surface area contributed by atoms with Gasteiger partial charge in [-0.2, -0.15) is 5.10 Å². The predicted octanol–water partition coefficient (Wildman–Crippen LogP) is 1.61. The highest BCUT2D eigenvalue weighted by molar-refractivity contribution is 7.80. The number of phenols is 1. The summed E-state index contributed by atoms with van der Waals surface area (Å²) in [4.78, 5) is 0. The molecular formula is C12H17N3O2S. The minimum atomic E-state index is 0.116. The molecule has 6 heteroatoms. The van der Waals surface area contributed by atoms with Gasteiger partial charge in [0.05, 0.1) is 12.8 Å². The molecule has 0 fully saturated rings. The van der Waals surface area contributed by atoms with Crippen molar-refractivity contribution in [3.8, 4) is 11.5 Å². The highest BCUT2D eigenvalue weighted by Crippen LogP contribution is 2.25. The van der Waals surface area contributed by atoms with Crippen molar-refractivity contribution < 1.29 is 9.84 Å². The molecule has 0 aliphatic carbocycles. The molecule has 0 aromatic heterocycles. The van der Waals surface area contributed by atoms with Crippen LogP contribution in [0, 0.1) is 0 Å². The molecule has 5 nitrogen and oxygen atoms in total.